The Kier molecular flexibility index (Phi) is 5.51. The molecule has 1 atom stereocenters. The number of nitrogens with zero attached hydrogens (tertiary/aromatic N) is 9. The summed E-state index contributed by atoms with van der Waals surface area (Å²) in [6, 6.07) is 2.06. The van der Waals surface area contributed by atoms with Gasteiger partial charge in [0.05, 0.1) is 13.2 Å². The lowest BCUT2D eigenvalue weighted by atomic mass is 10.2. The second-order valence-corrected chi connectivity index (χ2v) is 6.79. The van der Waals surface area contributed by atoms with Gasteiger partial charge in [-0.05, 0) is 13.0 Å². The lowest BCUT2D eigenvalue weighted by Gasteiger charge is -2.40. The fourth-order valence-electron chi connectivity index (χ4n) is 3.51. The van der Waals surface area contributed by atoms with Gasteiger partial charge in [-0.25, -0.2) is 19.9 Å². The van der Waals surface area contributed by atoms with E-state index >= 15 is 0 Å². The molecule has 0 aromatic carbocycles. The highest BCUT2D eigenvalue weighted by molar-refractivity contribution is 5.45. The Labute approximate surface area is 162 Å². The molecule has 0 radical (unpaired) electrons. The van der Waals surface area contributed by atoms with E-state index in [2.05, 4.69) is 51.7 Å². The molecule has 148 valence electrons. The van der Waals surface area contributed by atoms with Gasteiger partial charge >= 0.3 is 0 Å². The van der Waals surface area contributed by atoms with Crippen molar-refractivity contribution < 1.29 is 4.74 Å². The number of nitroso groups, excluding NO2 is 1. The van der Waals surface area contributed by atoms with E-state index in [1.807, 2.05) is 6.07 Å². The molecule has 0 spiro atoms. The van der Waals surface area contributed by atoms with Gasteiger partial charge < -0.3 is 19.4 Å². The predicted molar refractivity (Wildman–Crippen MR) is 103 cm³/mol. The zero-order chi connectivity index (χ0) is 19.3. The minimum Gasteiger partial charge on any atom is -0.378 e. The molecule has 11 heteroatoms. The predicted octanol–water partition coefficient (Wildman–Crippen LogP) is 0.480. The Morgan fingerprint density at radius 3 is 2.61 bits per heavy atom. The molecule has 2 aromatic rings. The number of hydrogen-bond acceptors (Lipinski definition) is 11. The minimum absolute atomic E-state index is 0.0165. The van der Waals surface area contributed by atoms with Crippen LogP contribution in [0.4, 0.5) is 17.7 Å². The third-order valence-corrected chi connectivity index (χ3v) is 4.94. The first kappa shape index (κ1) is 18.4. The average Bonchev–Trinajstić information content (AvgIpc) is 2.75. The van der Waals surface area contributed by atoms with E-state index in [4.69, 9.17) is 4.74 Å². The highest BCUT2D eigenvalue weighted by Crippen LogP contribution is 2.21. The van der Waals surface area contributed by atoms with Crippen LogP contribution in [-0.2, 0) is 11.3 Å². The van der Waals surface area contributed by atoms with Crippen LogP contribution in [0.15, 0.2) is 23.8 Å². The molecule has 2 aromatic heterocycles. The van der Waals surface area contributed by atoms with Crippen LogP contribution in [0.3, 0.4) is 0 Å². The summed E-state index contributed by atoms with van der Waals surface area (Å²) in [5, 5.41) is 2.87. The van der Waals surface area contributed by atoms with Gasteiger partial charge in [0.1, 0.15) is 18.7 Å². The molecule has 0 N–H and O–H groups in total. The van der Waals surface area contributed by atoms with Crippen molar-refractivity contribution in [1.29, 1.82) is 0 Å². The molecule has 28 heavy (non-hydrogen) atoms. The topological polar surface area (TPSA) is 113 Å². The van der Waals surface area contributed by atoms with E-state index in [9.17, 15) is 4.91 Å². The van der Waals surface area contributed by atoms with E-state index in [0.29, 0.717) is 30.9 Å². The summed E-state index contributed by atoms with van der Waals surface area (Å²) in [4.78, 5) is 38.9. The number of hydrogen-bond donors (Lipinski definition) is 0. The first-order valence-electron chi connectivity index (χ1n) is 9.39. The maximum Gasteiger partial charge on any atom is 0.230 e. The summed E-state index contributed by atoms with van der Waals surface area (Å²) >= 11 is 0. The van der Waals surface area contributed by atoms with Crippen molar-refractivity contribution in [1.82, 2.24) is 24.9 Å². The van der Waals surface area contributed by atoms with Crippen LogP contribution in [0, 0.1) is 4.91 Å². The highest BCUT2D eigenvalue weighted by atomic mass is 16.5. The van der Waals surface area contributed by atoms with Gasteiger partial charge in [-0.3, -0.25) is 0 Å². The normalized spacial score (nSPS) is 20.3. The van der Waals surface area contributed by atoms with Gasteiger partial charge in [0.2, 0.25) is 11.9 Å². The van der Waals surface area contributed by atoms with Crippen molar-refractivity contribution in [2.24, 2.45) is 5.18 Å². The zero-order valence-corrected chi connectivity index (χ0v) is 15.8. The second-order valence-electron chi connectivity index (χ2n) is 6.79. The van der Waals surface area contributed by atoms with E-state index < -0.39 is 0 Å². The van der Waals surface area contributed by atoms with Gasteiger partial charge in [-0.2, -0.15) is 9.89 Å². The lowest BCUT2D eigenvalue weighted by Crippen LogP contribution is -2.53. The molecule has 2 saturated heterocycles. The first-order chi connectivity index (χ1) is 13.7. The van der Waals surface area contributed by atoms with E-state index in [-0.39, 0.29) is 12.6 Å². The van der Waals surface area contributed by atoms with Crippen LogP contribution < -0.4 is 14.7 Å². The number of piperazine rings is 1. The Balaban J connectivity index is 1.45. The summed E-state index contributed by atoms with van der Waals surface area (Å²) < 4.78 is 5.40. The zero-order valence-electron chi connectivity index (χ0n) is 15.8. The van der Waals surface area contributed by atoms with Crippen molar-refractivity contribution in [3.8, 4) is 0 Å². The van der Waals surface area contributed by atoms with Crippen LogP contribution in [0.5, 0.6) is 0 Å². The number of morpholine rings is 1. The fourth-order valence-corrected chi connectivity index (χ4v) is 3.51. The standard InChI is InChI=1S/C17H23N9O2/c1-13-11-25(4-5-26(13)15-2-3-18-14(22-15)10-21-27)17-20-12-19-16(23-17)24-6-8-28-9-7-24/h2-3,12-13H,4-11H2,1H3. The quantitative estimate of drug-likeness (QED) is 0.673. The van der Waals surface area contributed by atoms with Gasteiger partial charge in [-0.1, -0.05) is 5.18 Å². The minimum atomic E-state index is -0.0165. The molecule has 2 aliphatic rings. The molecular weight excluding hydrogens is 362 g/mol. The Morgan fingerprint density at radius 2 is 1.86 bits per heavy atom. The summed E-state index contributed by atoms with van der Waals surface area (Å²) in [6.45, 7) is 7.38. The Hall–Kier alpha value is -2.95. The number of anilines is 3. The molecule has 0 aliphatic carbocycles. The SMILES string of the molecule is CC1CN(c2ncnc(N3CCOCC3)n2)CCN1c1ccnc(CN=O)n1. The maximum atomic E-state index is 10.5. The smallest absolute Gasteiger partial charge is 0.230 e. The van der Waals surface area contributed by atoms with Gasteiger partial charge in [0.25, 0.3) is 0 Å². The van der Waals surface area contributed by atoms with E-state index in [1.54, 1.807) is 12.5 Å². The van der Waals surface area contributed by atoms with Crippen molar-refractivity contribution in [2.45, 2.75) is 19.5 Å². The molecule has 2 fully saturated rings. The molecule has 2 aliphatic heterocycles. The van der Waals surface area contributed by atoms with Crippen molar-refractivity contribution in [3.63, 3.8) is 0 Å². The summed E-state index contributed by atoms with van der Waals surface area (Å²) in [7, 11) is 0. The Bertz CT molecular complexity index is 815. The van der Waals surface area contributed by atoms with Gasteiger partial charge in [0.15, 0.2) is 5.82 Å². The van der Waals surface area contributed by atoms with Crippen molar-refractivity contribution >= 4 is 17.7 Å². The van der Waals surface area contributed by atoms with Crippen molar-refractivity contribution in [3.05, 3.63) is 29.3 Å². The monoisotopic (exact) mass is 385 g/mol. The van der Waals surface area contributed by atoms with Crippen LogP contribution in [-0.4, -0.2) is 76.9 Å². The van der Waals surface area contributed by atoms with Crippen LogP contribution >= 0.6 is 0 Å². The summed E-state index contributed by atoms with van der Waals surface area (Å²) in [5.74, 6) is 2.64. The van der Waals surface area contributed by atoms with E-state index in [1.165, 1.54) is 0 Å². The molecule has 1 unspecified atom stereocenters. The van der Waals surface area contributed by atoms with Crippen LogP contribution in [0.25, 0.3) is 0 Å². The molecule has 4 heterocycles. The molecular formula is C17H23N9O2. The fraction of sp³-hybridized carbons (Fsp3) is 0.588. The second kappa shape index (κ2) is 8.38. The summed E-state index contributed by atoms with van der Waals surface area (Å²) in [6.07, 6.45) is 3.25. The molecule has 11 nitrogen and oxygen atoms in total. The van der Waals surface area contributed by atoms with Crippen LogP contribution in [0.2, 0.25) is 0 Å². The average molecular weight is 385 g/mol. The summed E-state index contributed by atoms with van der Waals surface area (Å²) in [5.41, 5.74) is 0. The van der Waals surface area contributed by atoms with Crippen molar-refractivity contribution in [2.75, 3.05) is 60.6 Å². The number of aromatic nitrogens is 5. The third-order valence-electron chi connectivity index (χ3n) is 4.94. The largest absolute Gasteiger partial charge is 0.378 e. The molecule has 4 rings (SSSR count). The van der Waals surface area contributed by atoms with Crippen LogP contribution in [0.1, 0.15) is 12.7 Å². The molecule has 0 saturated carbocycles. The lowest BCUT2D eigenvalue weighted by molar-refractivity contribution is 0.122. The molecule has 0 bridgehead atoms. The first-order valence-corrected chi connectivity index (χ1v) is 9.39. The Morgan fingerprint density at radius 1 is 1.07 bits per heavy atom. The number of rotatable bonds is 5. The number of ether oxygens (including phenoxy) is 1. The van der Waals surface area contributed by atoms with Gasteiger partial charge in [0, 0.05) is 45.0 Å². The molecule has 0 amide bonds. The van der Waals surface area contributed by atoms with E-state index in [0.717, 1.165) is 38.5 Å². The maximum absolute atomic E-state index is 10.5. The third kappa shape index (κ3) is 3.98. The van der Waals surface area contributed by atoms with Gasteiger partial charge in [-0.15, -0.1) is 0 Å². The highest BCUT2D eigenvalue weighted by Gasteiger charge is 2.27.